The number of methoxy groups -OCH3 is 1. The van der Waals surface area contributed by atoms with Crippen LogP contribution in [0.25, 0.3) is 11.1 Å². The highest BCUT2D eigenvalue weighted by Crippen LogP contribution is 2.43. The lowest BCUT2D eigenvalue weighted by molar-refractivity contribution is -0.140. The van der Waals surface area contributed by atoms with Crippen molar-refractivity contribution in [2.24, 2.45) is 5.92 Å². The molecule has 13 heteroatoms. The van der Waals surface area contributed by atoms with Crippen LogP contribution in [0, 0.1) is 11.7 Å². The second-order valence-electron chi connectivity index (χ2n) is 11.1. The van der Waals surface area contributed by atoms with E-state index in [-0.39, 0.29) is 25.3 Å². The molecule has 1 fully saturated rings. The molecule has 5 rings (SSSR count). The maximum absolute atomic E-state index is 14.9. The van der Waals surface area contributed by atoms with Crippen LogP contribution in [0.5, 0.6) is 0 Å². The highest BCUT2D eigenvalue weighted by Gasteiger charge is 2.42. The summed E-state index contributed by atoms with van der Waals surface area (Å²) in [6.07, 6.45) is -4.48. The van der Waals surface area contributed by atoms with Crippen LogP contribution >= 0.6 is 11.6 Å². The number of cyclic esters (lactones) is 1. The minimum absolute atomic E-state index is 0.0144. The Labute approximate surface area is 261 Å². The molecule has 1 saturated heterocycles. The Morgan fingerprint density at radius 2 is 1.91 bits per heavy atom. The van der Waals surface area contributed by atoms with E-state index in [0.29, 0.717) is 53.4 Å². The van der Waals surface area contributed by atoms with Crippen molar-refractivity contribution in [2.45, 2.75) is 57.3 Å². The lowest BCUT2D eigenvalue weighted by Crippen LogP contribution is -2.42. The number of benzene rings is 2. The number of carbonyl (C=O) groups excluding carboxylic acids is 3. The quantitative estimate of drug-likeness (QED) is 0.231. The van der Waals surface area contributed by atoms with Crippen molar-refractivity contribution in [2.75, 3.05) is 19.0 Å². The van der Waals surface area contributed by atoms with Crippen LogP contribution in [0.3, 0.4) is 0 Å². The first-order valence-corrected chi connectivity index (χ1v) is 14.7. The van der Waals surface area contributed by atoms with Crippen molar-refractivity contribution >= 4 is 35.3 Å². The monoisotopic (exact) mass is 647 g/mol. The maximum Gasteiger partial charge on any atom is 0.416 e. The Bertz CT molecular complexity index is 1630. The van der Waals surface area contributed by atoms with Crippen molar-refractivity contribution in [1.29, 1.82) is 0 Å². The number of ether oxygens (including phenoxy) is 2. The predicted molar refractivity (Wildman–Crippen MR) is 157 cm³/mol. The summed E-state index contributed by atoms with van der Waals surface area (Å²) in [5.41, 5.74) is 0.926. The Morgan fingerprint density at radius 1 is 1.13 bits per heavy atom. The summed E-state index contributed by atoms with van der Waals surface area (Å²) in [6.45, 7) is 1.75. The summed E-state index contributed by atoms with van der Waals surface area (Å²) in [4.78, 5) is 44.3. The molecule has 0 radical (unpaired) electrons. The summed E-state index contributed by atoms with van der Waals surface area (Å²) in [7, 11) is 1.29. The minimum atomic E-state index is -4.89. The first kappa shape index (κ1) is 32.2. The summed E-state index contributed by atoms with van der Waals surface area (Å²) in [6, 6.07) is 9.62. The molecule has 3 atom stereocenters. The van der Waals surface area contributed by atoms with Gasteiger partial charge < -0.3 is 14.8 Å². The van der Waals surface area contributed by atoms with E-state index in [9.17, 15) is 31.9 Å². The van der Waals surface area contributed by atoms with E-state index in [4.69, 9.17) is 21.1 Å². The van der Waals surface area contributed by atoms with Gasteiger partial charge in [-0.3, -0.25) is 19.5 Å². The molecule has 238 valence electrons. The second kappa shape index (κ2) is 13.0. The van der Waals surface area contributed by atoms with Gasteiger partial charge in [-0.1, -0.05) is 37.1 Å². The molecule has 0 spiro atoms. The van der Waals surface area contributed by atoms with Gasteiger partial charge in [0.15, 0.2) is 0 Å². The van der Waals surface area contributed by atoms with Gasteiger partial charge in [-0.15, -0.1) is 0 Å². The molecule has 2 aliphatic heterocycles. The number of anilines is 1. The van der Waals surface area contributed by atoms with Crippen LogP contribution in [0.2, 0.25) is 5.02 Å². The van der Waals surface area contributed by atoms with E-state index in [2.05, 4.69) is 10.3 Å². The third-order valence-electron chi connectivity index (χ3n) is 8.16. The number of amides is 2. The zero-order valence-electron chi connectivity index (χ0n) is 24.4. The largest absolute Gasteiger partial charge is 0.469 e. The third kappa shape index (κ3) is 6.90. The zero-order valence-corrected chi connectivity index (χ0v) is 25.2. The minimum Gasteiger partial charge on any atom is -0.469 e. The van der Waals surface area contributed by atoms with Crippen molar-refractivity contribution in [3.63, 3.8) is 0 Å². The number of alkyl halides is 3. The number of nitrogens with one attached hydrogen (secondary N) is 1. The first-order valence-electron chi connectivity index (χ1n) is 14.4. The number of hydrogen-bond donors (Lipinski definition) is 1. The fraction of sp³-hybridized carbons (Fsp3) is 0.375. The van der Waals surface area contributed by atoms with Crippen LogP contribution in [0.4, 0.5) is 28.0 Å². The zero-order chi connectivity index (χ0) is 32.5. The van der Waals surface area contributed by atoms with Crippen molar-refractivity contribution in [3.05, 3.63) is 81.9 Å². The average Bonchev–Trinajstić information content (AvgIpc) is 3.00. The Kier molecular flexibility index (Phi) is 9.33. The standard InChI is InChI=1S/C32H30ClF4N3O5/c1-17-4-3-5-25(40-13-11-26(45-31(40)43)28-21(32(35,36)37)8-9-22(33)29(28)34)24-16-19(10-12-38-24)20-7-6-18(15-27(41)44-2)14-23(20)39-30(17)42/h6-10,12,14,16-17,25-26H,3-5,11,13,15H2,1-2H3,(H,39,42)/t17-,25+,26-/m1/s1. The molecule has 2 aliphatic rings. The molecule has 2 amide bonds. The molecular weight excluding hydrogens is 618 g/mol. The fourth-order valence-corrected chi connectivity index (χ4v) is 5.94. The molecular formula is C32H30ClF4N3O5. The number of nitrogens with zero attached hydrogens (tertiary/aromatic N) is 2. The van der Waals surface area contributed by atoms with Crippen LogP contribution in [0.1, 0.15) is 67.1 Å². The number of fused-ring (bicyclic) bond motifs is 4. The highest BCUT2D eigenvalue weighted by molar-refractivity contribution is 6.30. The third-order valence-corrected chi connectivity index (χ3v) is 8.45. The molecule has 3 heterocycles. The molecule has 3 aromatic rings. The molecule has 2 bridgehead atoms. The molecule has 1 aromatic heterocycles. The van der Waals surface area contributed by atoms with Gasteiger partial charge in [0.05, 0.1) is 35.9 Å². The van der Waals surface area contributed by atoms with Gasteiger partial charge in [0, 0.05) is 41.9 Å². The average molecular weight is 648 g/mol. The van der Waals surface area contributed by atoms with Crippen molar-refractivity contribution in [1.82, 2.24) is 9.88 Å². The van der Waals surface area contributed by atoms with E-state index in [1.54, 1.807) is 43.5 Å². The van der Waals surface area contributed by atoms with Crippen LogP contribution < -0.4 is 5.32 Å². The fourth-order valence-electron chi connectivity index (χ4n) is 5.77. The summed E-state index contributed by atoms with van der Waals surface area (Å²) >= 11 is 5.81. The summed E-state index contributed by atoms with van der Waals surface area (Å²) in [5.74, 6) is -2.33. The second-order valence-corrected chi connectivity index (χ2v) is 11.5. The van der Waals surface area contributed by atoms with Gasteiger partial charge >= 0.3 is 18.2 Å². The molecule has 8 nitrogen and oxygen atoms in total. The van der Waals surface area contributed by atoms with E-state index >= 15 is 0 Å². The number of carbonyl (C=O) groups is 3. The highest BCUT2D eigenvalue weighted by atomic mass is 35.5. The van der Waals surface area contributed by atoms with Gasteiger partial charge in [0.2, 0.25) is 5.91 Å². The number of esters is 1. The van der Waals surface area contributed by atoms with Crippen molar-refractivity contribution < 1.29 is 41.4 Å². The Morgan fingerprint density at radius 3 is 2.62 bits per heavy atom. The lowest BCUT2D eigenvalue weighted by Gasteiger charge is -2.38. The van der Waals surface area contributed by atoms with E-state index < -0.39 is 58.3 Å². The van der Waals surface area contributed by atoms with Crippen molar-refractivity contribution in [3.8, 4) is 11.1 Å². The van der Waals surface area contributed by atoms with E-state index in [0.717, 1.165) is 6.07 Å². The van der Waals surface area contributed by atoms with E-state index in [1.807, 2.05) is 0 Å². The lowest BCUT2D eigenvalue weighted by atomic mass is 9.93. The number of rotatable bonds is 4. The van der Waals surface area contributed by atoms with Gasteiger partial charge in [-0.2, -0.15) is 13.2 Å². The molecule has 1 N–H and O–H groups in total. The maximum atomic E-state index is 14.9. The smallest absolute Gasteiger partial charge is 0.416 e. The number of hydrogen-bond acceptors (Lipinski definition) is 6. The molecule has 2 aromatic carbocycles. The predicted octanol–water partition coefficient (Wildman–Crippen LogP) is 7.66. The Balaban J connectivity index is 1.49. The molecule has 45 heavy (non-hydrogen) atoms. The molecule has 0 aliphatic carbocycles. The topological polar surface area (TPSA) is 97.8 Å². The van der Waals surface area contributed by atoms with Crippen LogP contribution in [-0.4, -0.2) is 41.5 Å². The SMILES string of the molecule is COC(=O)Cc1ccc2c(c1)NC(=O)[C@H](C)CCC[C@H](N1CC[C@H](c3c(C(F)(F)F)ccc(Cl)c3F)OC1=O)c1cc-2ccn1. The number of pyridine rings is 1. The number of halogens is 5. The van der Waals surface area contributed by atoms with Gasteiger partial charge in [0.1, 0.15) is 11.9 Å². The Hall–Kier alpha value is -4.19. The normalized spacial score (nSPS) is 20.7. The van der Waals surface area contributed by atoms with Gasteiger partial charge in [0.25, 0.3) is 0 Å². The molecule has 0 saturated carbocycles. The van der Waals surface area contributed by atoms with E-state index in [1.165, 1.54) is 12.0 Å². The van der Waals surface area contributed by atoms with Gasteiger partial charge in [-0.05, 0) is 54.3 Å². The molecule has 0 unspecified atom stereocenters. The summed E-state index contributed by atoms with van der Waals surface area (Å²) < 4.78 is 66.5. The van der Waals surface area contributed by atoms with Crippen LogP contribution in [0.15, 0.2) is 48.7 Å². The first-order chi connectivity index (χ1) is 21.4. The van der Waals surface area contributed by atoms with Gasteiger partial charge in [-0.25, -0.2) is 9.18 Å². The van der Waals surface area contributed by atoms with Crippen LogP contribution in [-0.2, 0) is 31.7 Å². The number of aromatic nitrogens is 1. The summed E-state index contributed by atoms with van der Waals surface area (Å²) in [5, 5.41) is 2.47.